The van der Waals surface area contributed by atoms with Gasteiger partial charge in [0.2, 0.25) is 0 Å². The number of fused-ring (bicyclic) bond motifs is 1. The Kier molecular flexibility index (Phi) is 3.34. The lowest BCUT2D eigenvalue weighted by atomic mass is 10.3. The predicted molar refractivity (Wildman–Crippen MR) is 68.8 cm³/mol. The smallest absolute Gasteiger partial charge is 0.356 e. The Morgan fingerprint density at radius 3 is 2.83 bits per heavy atom. The summed E-state index contributed by atoms with van der Waals surface area (Å²) < 4.78 is 1.84. The molecule has 0 aliphatic carbocycles. The van der Waals surface area contributed by atoms with E-state index in [2.05, 4.69) is 23.7 Å². The molecule has 2 aromatic heterocycles. The molecule has 5 heteroatoms. The first-order valence-corrected chi connectivity index (χ1v) is 5.90. The molecule has 2 rings (SSSR count). The minimum atomic E-state index is -0.989. The van der Waals surface area contributed by atoms with E-state index in [-0.39, 0.29) is 5.69 Å². The summed E-state index contributed by atoms with van der Waals surface area (Å²) in [5.74, 6) is -0.239. The maximum Gasteiger partial charge on any atom is 0.356 e. The van der Waals surface area contributed by atoms with Crippen LogP contribution in [0.3, 0.4) is 0 Å². The largest absolute Gasteiger partial charge is 0.476 e. The van der Waals surface area contributed by atoms with Crippen LogP contribution < -0.4 is 0 Å². The number of aromatic carboxylic acids is 1. The molecule has 0 spiro atoms. The van der Waals surface area contributed by atoms with E-state index >= 15 is 0 Å². The van der Waals surface area contributed by atoms with Gasteiger partial charge in [0.25, 0.3) is 0 Å². The summed E-state index contributed by atoms with van der Waals surface area (Å²) >= 11 is 0. The molecule has 0 radical (unpaired) electrons. The third-order valence-corrected chi connectivity index (χ3v) is 3.10. The summed E-state index contributed by atoms with van der Waals surface area (Å²) in [5, 5.41) is 9.15. The Bertz CT molecular complexity index is 575. The molecule has 0 atom stereocenters. The zero-order valence-electron chi connectivity index (χ0n) is 10.8. The van der Waals surface area contributed by atoms with Crippen molar-refractivity contribution in [1.82, 2.24) is 14.3 Å². The molecule has 2 heterocycles. The van der Waals surface area contributed by atoms with Gasteiger partial charge in [-0.15, -0.1) is 0 Å². The summed E-state index contributed by atoms with van der Waals surface area (Å²) in [6.45, 7) is 4.80. The van der Waals surface area contributed by atoms with Crippen LogP contribution >= 0.6 is 0 Å². The fourth-order valence-electron chi connectivity index (χ4n) is 1.78. The van der Waals surface area contributed by atoms with Gasteiger partial charge >= 0.3 is 5.97 Å². The average Bonchev–Trinajstić information content (AvgIpc) is 2.68. The van der Waals surface area contributed by atoms with Gasteiger partial charge < -0.3 is 9.51 Å². The summed E-state index contributed by atoms with van der Waals surface area (Å²) in [6.07, 6.45) is 1.85. The molecule has 96 valence electrons. The van der Waals surface area contributed by atoms with Crippen LogP contribution in [0.15, 0.2) is 24.4 Å². The molecule has 0 bridgehead atoms. The Hall–Kier alpha value is -1.88. The molecule has 0 amide bonds. The van der Waals surface area contributed by atoms with Gasteiger partial charge in [0, 0.05) is 12.2 Å². The lowest BCUT2D eigenvalue weighted by molar-refractivity contribution is 0.0693. The summed E-state index contributed by atoms with van der Waals surface area (Å²) in [6, 6.07) is 5.85. The second-order valence-electron chi connectivity index (χ2n) is 4.65. The SMILES string of the molecule is CC(C)N(C)Cc1nc(C(=O)O)c2ccccn12. The van der Waals surface area contributed by atoms with Crippen molar-refractivity contribution in [2.24, 2.45) is 0 Å². The van der Waals surface area contributed by atoms with E-state index in [1.165, 1.54) is 0 Å². The number of pyridine rings is 1. The number of carbonyl (C=O) groups is 1. The number of carboxylic acid groups (broad SMARTS) is 1. The Labute approximate surface area is 106 Å². The number of aromatic nitrogens is 2. The van der Waals surface area contributed by atoms with Gasteiger partial charge in [0.1, 0.15) is 5.82 Å². The molecule has 0 aliphatic rings. The van der Waals surface area contributed by atoms with Crippen LogP contribution in [0.1, 0.15) is 30.2 Å². The normalized spacial score (nSPS) is 11.6. The van der Waals surface area contributed by atoms with Gasteiger partial charge in [-0.3, -0.25) is 4.90 Å². The molecule has 18 heavy (non-hydrogen) atoms. The van der Waals surface area contributed by atoms with Gasteiger partial charge in [-0.25, -0.2) is 9.78 Å². The zero-order chi connectivity index (χ0) is 13.3. The van der Waals surface area contributed by atoms with E-state index in [0.717, 1.165) is 5.82 Å². The molecule has 2 aromatic rings. The first-order chi connectivity index (χ1) is 8.50. The lowest BCUT2D eigenvalue weighted by Gasteiger charge is -2.19. The van der Waals surface area contributed by atoms with Crippen LogP contribution in [0.5, 0.6) is 0 Å². The van der Waals surface area contributed by atoms with E-state index in [1.54, 1.807) is 6.07 Å². The minimum Gasteiger partial charge on any atom is -0.476 e. The topological polar surface area (TPSA) is 57.8 Å². The second kappa shape index (κ2) is 4.78. The molecule has 0 saturated carbocycles. The minimum absolute atomic E-state index is 0.114. The van der Waals surface area contributed by atoms with Crippen LogP contribution in [0.2, 0.25) is 0 Å². The van der Waals surface area contributed by atoms with Gasteiger partial charge in [-0.05, 0) is 33.0 Å². The first-order valence-electron chi connectivity index (χ1n) is 5.90. The summed E-state index contributed by atoms with van der Waals surface area (Å²) in [5.41, 5.74) is 0.750. The van der Waals surface area contributed by atoms with Crippen LogP contribution in [0.4, 0.5) is 0 Å². The van der Waals surface area contributed by atoms with Crippen molar-refractivity contribution in [1.29, 1.82) is 0 Å². The van der Waals surface area contributed by atoms with E-state index in [4.69, 9.17) is 5.11 Å². The highest BCUT2D eigenvalue weighted by Crippen LogP contribution is 2.15. The average molecular weight is 247 g/mol. The van der Waals surface area contributed by atoms with Crippen LogP contribution in [-0.4, -0.2) is 38.4 Å². The molecule has 0 aliphatic heterocycles. The Balaban J connectivity index is 2.48. The van der Waals surface area contributed by atoms with Gasteiger partial charge in [0.15, 0.2) is 5.69 Å². The van der Waals surface area contributed by atoms with Crippen LogP contribution in [0, 0.1) is 0 Å². The number of imidazole rings is 1. The Morgan fingerprint density at radius 1 is 1.50 bits per heavy atom. The lowest BCUT2D eigenvalue weighted by Crippen LogP contribution is -2.26. The number of rotatable bonds is 4. The van der Waals surface area contributed by atoms with Crippen molar-refractivity contribution >= 4 is 11.5 Å². The third-order valence-electron chi connectivity index (χ3n) is 3.10. The van der Waals surface area contributed by atoms with E-state index in [0.29, 0.717) is 18.1 Å². The van der Waals surface area contributed by atoms with E-state index in [9.17, 15) is 4.79 Å². The summed E-state index contributed by atoms with van der Waals surface area (Å²) in [4.78, 5) is 17.5. The van der Waals surface area contributed by atoms with Crippen LogP contribution in [-0.2, 0) is 6.54 Å². The maximum atomic E-state index is 11.2. The number of nitrogens with zero attached hydrogens (tertiary/aromatic N) is 3. The monoisotopic (exact) mass is 247 g/mol. The quantitative estimate of drug-likeness (QED) is 0.896. The number of carboxylic acids is 1. The number of hydrogen-bond donors (Lipinski definition) is 1. The summed E-state index contributed by atoms with van der Waals surface area (Å²) in [7, 11) is 2.00. The van der Waals surface area contributed by atoms with Crippen molar-refractivity contribution in [3.8, 4) is 0 Å². The van der Waals surface area contributed by atoms with Crippen molar-refractivity contribution in [2.75, 3.05) is 7.05 Å². The molecular weight excluding hydrogens is 230 g/mol. The molecule has 0 fully saturated rings. The number of hydrogen-bond acceptors (Lipinski definition) is 3. The Morgan fingerprint density at radius 2 is 2.22 bits per heavy atom. The molecule has 0 saturated heterocycles. The van der Waals surface area contributed by atoms with Gasteiger partial charge in [0.05, 0.1) is 12.1 Å². The maximum absolute atomic E-state index is 11.2. The first kappa shape index (κ1) is 12.6. The second-order valence-corrected chi connectivity index (χ2v) is 4.65. The third kappa shape index (κ3) is 2.22. The van der Waals surface area contributed by atoms with Crippen molar-refractivity contribution < 1.29 is 9.90 Å². The molecule has 1 N–H and O–H groups in total. The fourth-order valence-corrected chi connectivity index (χ4v) is 1.78. The van der Waals surface area contributed by atoms with Crippen LogP contribution in [0.25, 0.3) is 5.52 Å². The van der Waals surface area contributed by atoms with Crippen molar-refractivity contribution in [2.45, 2.75) is 26.4 Å². The zero-order valence-corrected chi connectivity index (χ0v) is 10.8. The van der Waals surface area contributed by atoms with E-state index < -0.39 is 5.97 Å². The van der Waals surface area contributed by atoms with E-state index in [1.807, 2.05) is 29.8 Å². The van der Waals surface area contributed by atoms with Crippen molar-refractivity contribution in [3.05, 3.63) is 35.9 Å². The van der Waals surface area contributed by atoms with Crippen molar-refractivity contribution in [3.63, 3.8) is 0 Å². The molecular formula is C13H17N3O2. The molecule has 0 aromatic carbocycles. The molecule has 5 nitrogen and oxygen atoms in total. The van der Waals surface area contributed by atoms with Gasteiger partial charge in [-0.2, -0.15) is 0 Å². The highest BCUT2D eigenvalue weighted by atomic mass is 16.4. The van der Waals surface area contributed by atoms with Gasteiger partial charge in [-0.1, -0.05) is 6.07 Å². The predicted octanol–water partition coefficient (Wildman–Crippen LogP) is 1.87. The highest BCUT2D eigenvalue weighted by Gasteiger charge is 2.17. The highest BCUT2D eigenvalue weighted by molar-refractivity contribution is 5.93. The standard InChI is InChI=1S/C13H17N3O2/c1-9(2)15(3)8-11-14-12(13(17)18)10-6-4-5-7-16(10)11/h4-7,9H,8H2,1-3H3,(H,17,18). The molecule has 0 unspecified atom stereocenters. The fraction of sp³-hybridized carbons (Fsp3) is 0.385.